The van der Waals surface area contributed by atoms with Crippen LogP contribution in [0.5, 0.6) is 5.75 Å². The zero-order valence-corrected chi connectivity index (χ0v) is 40.6. The van der Waals surface area contributed by atoms with Crippen molar-refractivity contribution in [2.24, 2.45) is 0 Å². The number of aliphatic hydroxyl groups is 4. The molecule has 0 unspecified atom stereocenters. The van der Waals surface area contributed by atoms with E-state index in [1.807, 2.05) is 16.8 Å². The van der Waals surface area contributed by atoms with Crippen LogP contribution >= 0.6 is 11.3 Å². The zero-order valence-electron chi connectivity index (χ0n) is 39.8. The van der Waals surface area contributed by atoms with Crippen molar-refractivity contribution in [2.45, 2.75) is 95.7 Å². The lowest BCUT2D eigenvalue weighted by molar-refractivity contribution is -0.271. The molecule has 25 heteroatoms. The number of thiophene rings is 1. The van der Waals surface area contributed by atoms with Gasteiger partial charge in [-0.25, -0.2) is 23.8 Å². The zero-order chi connectivity index (χ0) is 53.6. The smallest absolute Gasteiger partial charge is 0.407 e. The number of nitrogens with zero attached hydrogens (tertiary/aromatic N) is 3. The van der Waals surface area contributed by atoms with E-state index in [9.17, 15) is 63.9 Å². The second kappa shape index (κ2) is 20.8. The summed E-state index contributed by atoms with van der Waals surface area (Å²) in [7, 11) is 0. The number of fused-ring (bicyclic) bond motifs is 5. The summed E-state index contributed by atoms with van der Waals surface area (Å²) in [4.78, 5) is 108. The molecule has 1 saturated heterocycles. The summed E-state index contributed by atoms with van der Waals surface area (Å²) in [6, 6.07) is 8.53. The van der Waals surface area contributed by atoms with Gasteiger partial charge < -0.3 is 65.0 Å². The molecular weight excluding hydrogens is 1010 g/mol. The molecule has 1 fully saturated rings. The number of nitrogens with one attached hydrogen (secondary N) is 3. The number of aromatic nitrogens is 2. The van der Waals surface area contributed by atoms with Gasteiger partial charge >= 0.3 is 18.0 Å². The normalized spacial score (nSPS) is 21.6. The van der Waals surface area contributed by atoms with Gasteiger partial charge in [-0.05, 0) is 76.2 Å². The Bertz CT molecular complexity index is 3290. The summed E-state index contributed by atoms with van der Waals surface area (Å²) in [6.45, 7) is 1.66. The number of carbonyl (C=O) groups excluding carboxylic acids is 6. The molecule has 2 aromatic carbocycles. The highest BCUT2D eigenvalue weighted by Crippen LogP contribution is 2.44. The number of ether oxygens (including phenoxy) is 4. The number of halogens is 1. The van der Waals surface area contributed by atoms with Gasteiger partial charge in [0.1, 0.15) is 43.1 Å². The molecule has 0 radical (unpaired) electrons. The monoisotopic (exact) mass is 1050 g/mol. The number of carboxylic acid groups (broad SMARTS) is 1. The number of imide groups is 1. The van der Waals surface area contributed by atoms with E-state index in [-0.39, 0.29) is 97.1 Å². The van der Waals surface area contributed by atoms with Gasteiger partial charge in [0.25, 0.3) is 17.4 Å². The molecule has 5 amide bonds. The fraction of sp³-hybridized carbons (Fsp3) is 0.340. The molecule has 8 N–H and O–H groups in total. The van der Waals surface area contributed by atoms with E-state index in [0.29, 0.717) is 33.2 Å². The SMILES string of the molecule is CC[C@@]1(O)C(=O)OCc2c1cc1n(c2=O)Cc2c-1nc1cc(F)c(C)c(-c3ccsc3)c1c2CNC(=O)OCc1ccc(O[C@@H]2O[C@H](C(=O)O)[C@@H](O)[C@H](O)[C@H]2O)c(NC(=O)CCNC(=O)CCN2C(=O)C=CC2=O)c1. The van der Waals surface area contributed by atoms with Crippen LogP contribution in [0.15, 0.2) is 64.1 Å². The third-order valence-corrected chi connectivity index (χ3v) is 14.1. The van der Waals surface area contributed by atoms with Crippen molar-refractivity contribution in [3.05, 3.63) is 109 Å². The number of aliphatic hydroxyl groups excluding tert-OH is 3. The minimum Gasteiger partial charge on any atom is -0.479 e. The summed E-state index contributed by atoms with van der Waals surface area (Å²) in [5.74, 6) is -5.81. The van der Waals surface area contributed by atoms with Crippen LogP contribution in [-0.2, 0) is 74.9 Å². The predicted molar refractivity (Wildman–Crippen MR) is 258 cm³/mol. The summed E-state index contributed by atoms with van der Waals surface area (Å²) < 4.78 is 39.1. The Hall–Kier alpha value is -7.94. The standard InChI is InChI=1S/C50H47FN6O17S/c1-3-50(70)28-15-32-40-26(18-57(32)45(65)27(28)20-71-48(50)68)25(39-31(55-40)16-29(51)22(2)38(39)24-10-13-75-21-24)17-53-49(69)72-19-23-4-5-33(73-47-43(64)41(62)42(63)44(74-47)46(66)67)30(14-23)54-35(59)8-11-52-34(58)9-12-56-36(60)6-7-37(56)61/h4-7,10,13-16,21,41-44,47,62-64,70H,3,8-9,11-12,17-20H2,1-2H3,(H,52,58)(H,53,69)(H,54,59)(H,66,67)/t41-,42-,43+,44-,47+,50-/m0/s1. The Morgan fingerprint density at radius 1 is 0.960 bits per heavy atom. The largest absolute Gasteiger partial charge is 0.479 e. The lowest BCUT2D eigenvalue weighted by atomic mass is 9.86. The van der Waals surface area contributed by atoms with E-state index in [4.69, 9.17) is 23.9 Å². The molecule has 0 bridgehead atoms. The van der Waals surface area contributed by atoms with Crippen molar-refractivity contribution in [2.75, 3.05) is 18.4 Å². The van der Waals surface area contributed by atoms with E-state index < -0.39 is 96.0 Å². The number of cyclic esters (lactones) is 1. The minimum atomic E-state index is -2.11. The Balaban J connectivity index is 0.962. The number of hydrogen-bond acceptors (Lipinski definition) is 18. The molecule has 9 rings (SSSR count). The van der Waals surface area contributed by atoms with E-state index >= 15 is 4.39 Å². The van der Waals surface area contributed by atoms with Crippen molar-refractivity contribution in [3.8, 4) is 28.3 Å². The fourth-order valence-corrected chi connectivity index (χ4v) is 10.00. The predicted octanol–water partition coefficient (Wildman–Crippen LogP) is 1.71. The van der Waals surface area contributed by atoms with Crippen LogP contribution in [0.1, 0.15) is 59.6 Å². The quantitative estimate of drug-likeness (QED) is 0.0505. The number of aliphatic carboxylic acids is 1. The number of pyridine rings is 2. The molecule has 4 aliphatic rings. The number of alkyl carbamates (subject to hydrolysis) is 1. The highest BCUT2D eigenvalue weighted by atomic mass is 32.1. The van der Waals surface area contributed by atoms with Gasteiger partial charge in [-0.1, -0.05) is 13.0 Å². The molecule has 3 aromatic heterocycles. The molecule has 6 atom stereocenters. The van der Waals surface area contributed by atoms with Gasteiger partial charge in [0.2, 0.25) is 18.1 Å². The van der Waals surface area contributed by atoms with Crippen LogP contribution in [0.3, 0.4) is 0 Å². The summed E-state index contributed by atoms with van der Waals surface area (Å²) in [5.41, 5.74) is 0.709. The first-order valence-corrected chi connectivity index (χ1v) is 24.3. The summed E-state index contributed by atoms with van der Waals surface area (Å²) >= 11 is 1.38. The van der Waals surface area contributed by atoms with Crippen molar-refractivity contribution >= 4 is 69.6 Å². The Morgan fingerprint density at radius 2 is 1.72 bits per heavy atom. The molecule has 5 aromatic rings. The van der Waals surface area contributed by atoms with Crippen LogP contribution in [0.2, 0.25) is 0 Å². The molecule has 0 saturated carbocycles. The molecule has 392 valence electrons. The average Bonchev–Trinajstić information content (AvgIpc) is 4.15. The maximum atomic E-state index is 15.9. The second-order valence-corrected chi connectivity index (χ2v) is 18.7. The molecule has 23 nitrogen and oxygen atoms in total. The van der Waals surface area contributed by atoms with Crippen molar-refractivity contribution in [3.63, 3.8) is 0 Å². The third-order valence-electron chi connectivity index (χ3n) is 13.4. The number of hydrogen-bond donors (Lipinski definition) is 8. The molecule has 75 heavy (non-hydrogen) atoms. The lowest BCUT2D eigenvalue weighted by Crippen LogP contribution is -2.61. The van der Waals surface area contributed by atoms with Crippen LogP contribution in [-0.4, -0.2) is 125 Å². The Labute approximate surface area is 427 Å². The van der Waals surface area contributed by atoms with Crippen molar-refractivity contribution in [1.82, 2.24) is 25.1 Å². The van der Waals surface area contributed by atoms with Crippen molar-refractivity contribution < 1.29 is 82.4 Å². The number of anilines is 1. The topological polar surface area (TPSA) is 332 Å². The van der Waals surface area contributed by atoms with E-state index in [2.05, 4.69) is 16.0 Å². The number of esters is 1. The minimum absolute atomic E-state index is 0.0561. The number of carboxylic acids is 1. The van der Waals surface area contributed by atoms with Gasteiger partial charge in [0.05, 0.1) is 34.7 Å². The number of amides is 5. The van der Waals surface area contributed by atoms with Crippen LogP contribution in [0.25, 0.3) is 33.4 Å². The molecule has 4 aliphatic heterocycles. The third kappa shape index (κ3) is 9.83. The highest BCUT2D eigenvalue weighted by molar-refractivity contribution is 7.08. The molecule has 0 spiro atoms. The number of carbonyl (C=O) groups is 7. The van der Waals surface area contributed by atoms with E-state index in [1.165, 1.54) is 46.2 Å². The number of rotatable bonds is 16. The fourth-order valence-electron chi connectivity index (χ4n) is 9.35. The van der Waals surface area contributed by atoms with Gasteiger partial charge in [-0.3, -0.25) is 28.9 Å². The molecular formula is C50H47FN6O17S. The van der Waals surface area contributed by atoms with Crippen molar-refractivity contribution in [1.29, 1.82) is 0 Å². The van der Waals surface area contributed by atoms with E-state index in [0.717, 1.165) is 17.1 Å². The van der Waals surface area contributed by atoms with Gasteiger partial charge in [-0.2, -0.15) is 11.3 Å². The van der Waals surface area contributed by atoms with Crippen LogP contribution in [0, 0.1) is 12.7 Å². The maximum Gasteiger partial charge on any atom is 0.407 e. The van der Waals surface area contributed by atoms with Crippen LogP contribution in [0.4, 0.5) is 14.9 Å². The second-order valence-electron chi connectivity index (χ2n) is 18.0. The first-order chi connectivity index (χ1) is 35.8. The highest BCUT2D eigenvalue weighted by Gasteiger charge is 2.49. The maximum absolute atomic E-state index is 15.9. The van der Waals surface area contributed by atoms with E-state index in [1.54, 1.807) is 13.8 Å². The first kappa shape index (κ1) is 51.9. The van der Waals surface area contributed by atoms with Crippen LogP contribution < -0.4 is 26.2 Å². The molecule has 7 heterocycles. The Kier molecular flexibility index (Phi) is 14.4. The summed E-state index contributed by atoms with van der Waals surface area (Å²) in [6.07, 6.45) is -9.43. The lowest BCUT2D eigenvalue weighted by Gasteiger charge is -2.38. The molecule has 0 aliphatic carbocycles. The average molecular weight is 1060 g/mol. The summed E-state index contributed by atoms with van der Waals surface area (Å²) in [5, 5.41) is 64.3. The van der Waals surface area contributed by atoms with Gasteiger partial charge in [-0.15, -0.1) is 0 Å². The number of benzene rings is 2. The Morgan fingerprint density at radius 3 is 2.43 bits per heavy atom. The van der Waals surface area contributed by atoms with Gasteiger partial charge in [0, 0.05) is 67.2 Å². The van der Waals surface area contributed by atoms with Gasteiger partial charge in [0.15, 0.2) is 11.7 Å². The first-order valence-electron chi connectivity index (χ1n) is 23.4.